The van der Waals surface area contributed by atoms with Gasteiger partial charge in [-0.25, -0.2) is 19.6 Å². The van der Waals surface area contributed by atoms with Crippen LogP contribution in [0.2, 0.25) is 0 Å². The SMILES string of the molecule is COC(=O)N[C@H](C(=O)N1CCC[C@H]1c1nc2c(ccc3cc(-c4ccc(-c5cnc([C@@H]6[C@H]7CC[C@H](C7)N6C(=O)[C@@H](NC(=O)OC)C6CCOCC6)[nH]5)cc4)ccc32)[nH]1)C(C)C. The number of likely N-dealkylation sites (tertiary alicyclic amines) is 2. The standard InChI is InChI=1S/C46H54N8O7/c1-25(2)37(51-45(57)59-3)43(55)53-19-5-6-36(53)41-48-34-16-13-30-22-29(12-15-33(30)39(34)50-41)26-7-9-27(10-8-26)35-24-47-42(49-35)40-31-11-14-32(23-31)54(40)44(56)38(52-46(58)60-4)28-17-20-61-21-18-28/h7-10,12-13,15-16,22,24-25,28,31-32,36-38,40H,5-6,11,14,17-21,23H2,1-4H3,(H,47,49)(H,48,50)(H,51,57)(H,52,58)/t31-,32+,36-,37-,38-,40-/m0/s1. The molecule has 3 saturated heterocycles. The molecule has 0 unspecified atom stereocenters. The van der Waals surface area contributed by atoms with Gasteiger partial charge in [0.1, 0.15) is 23.7 Å². The minimum Gasteiger partial charge on any atom is -0.453 e. The Morgan fingerprint density at radius 3 is 2.31 bits per heavy atom. The molecule has 5 aromatic rings. The van der Waals surface area contributed by atoms with Crippen LogP contribution in [0.3, 0.4) is 0 Å². The van der Waals surface area contributed by atoms with Crippen molar-refractivity contribution in [2.75, 3.05) is 34.0 Å². The van der Waals surface area contributed by atoms with Crippen LogP contribution in [0.1, 0.15) is 82.5 Å². The van der Waals surface area contributed by atoms with Crippen LogP contribution in [-0.2, 0) is 23.8 Å². The van der Waals surface area contributed by atoms with Crippen molar-refractivity contribution in [1.82, 2.24) is 40.4 Å². The molecule has 2 bridgehead atoms. The largest absolute Gasteiger partial charge is 0.453 e. The number of carbonyl (C=O) groups excluding carboxylic acids is 4. The molecule has 2 aromatic heterocycles. The van der Waals surface area contributed by atoms with Crippen LogP contribution < -0.4 is 10.6 Å². The second-order valence-electron chi connectivity index (χ2n) is 17.3. The highest BCUT2D eigenvalue weighted by molar-refractivity contribution is 6.05. The Kier molecular flexibility index (Phi) is 11.2. The fourth-order valence-corrected chi connectivity index (χ4v) is 10.3. The summed E-state index contributed by atoms with van der Waals surface area (Å²) in [6.07, 6.45) is 6.56. The van der Waals surface area contributed by atoms with Crippen molar-refractivity contribution in [3.8, 4) is 22.4 Å². The summed E-state index contributed by atoms with van der Waals surface area (Å²) in [6.45, 7) is 5.54. The zero-order chi connectivity index (χ0) is 42.4. The first kappa shape index (κ1) is 40.4. The lowest BCUT2D eigenvalue weighted by Crippen LogP contribution is -2.55. The number of ether oxygens (including phenoxy) is 3. The number of nitrogens with one attached hydrogen (secondary N) is 4. The molecule has 15 heteroatoms. The summed E-state index contributed by atoms with van der Waals surface area (Å²) in [5.74, 6) is 1.46. The van der Waals surface area contributed by atoms with Gasteiger partial charge in [0, 0.05) is 31.2 Å². The Hall–Kier alpha value is -5.96. The number of alkyl carbamates (subject to hydrolysis) is 2. The fourth-order valence-electron chi connectivity index (χ4n) is 10.3. The number of rotatable bonds is 10. The van der Waals surface area contributed by atoms with Gasteiger partial charge in [-0.1, -0.05) is 56.3 Å². The smallest absolute Gasteiger partial charge is 0.407 e. The summed E-state index contributed by atoms with van der Waals surface area (Å²) in [5.41, 5.74) is 5.76. The topological polar surface area (TPSA) is 184 Å². The number of fused-ring (bicyclic) bond motifs is 5. The van der Waals surface area contributed by atoms with E-state index in [0.29, 0.717) is 38.5 Å². The monoisotopic (exact) mass is 830 g/mol. The van der Waals surface area contributed by atoms with Gasteiger partial charge in [-0.15, -0.1) is 0 Å². The van der Waals surface area contributed by atoms with Gasteiger partial charge in [0.25, 0.3) is 0 Å². The van der Waals surface area contributed by atoms with E-state index in [0.717, 1.165) is 87.9 Å². The molecule has 1 aliphatic carbocycles. The van der Waals surface area contributed by atoms with Crippen LogP contribution in [-0.4, -0.2) is 106 Å². The first-order valence-corrected chi connectivity index (χ1v) is 21.6. The number of hydrogen-bond acceptors (Lipinski definition) is 9. The average Bonchev–Trinajstić information content (AvgIpc) is 4.15. The number of H-pyrrole nitrogens is 2. The van der Waals surface area contributed by atoms with Gasteiger partial charge in [-0.2, -0.15) is 0 Å². The van der Waals surface area contributed by atoms with E-state index in [9.17, 15) is 19.2 Å². The van der Waals surface area contributed by atoms with Crippen LogP contribution >= 0.6 is 0 Å². The Balaban J connectivity index is 0.921. The molecular weight excluding hydrogens is 777 g/mol. The number of imidazole rings is 2. The Morgan fingerprint density at radius 2 is 1.56 bits per heavy atom. The highest BCUT2D eigenvalue weighted by Crippen LogP contribution is 2.50. The summed E-state index contributed by atoms with van der Waals surface area (Å²) in [4.78, 5) is 73.4. The number of piperidine rings is 1. The summed E-state index contributed by atoms with van der Waals surface area (Å²) < 4.78 is 15.3. The molecule has 61 heavy (non-hydrogen) atoms. The maximum absolute atomic E-state index is 14.4. The molecule has 0 spiro atoms. The van der Waals surface area contributed by atoms with Crippen LogP contribution in [0.4, 0.5) is 9.59 Å². The summed E-state index contributed by atoms with van der Waals surface area (Å²) in [5, 5.41) is 7.66. The lowest BCUT2D eigenvalue weighted by molar-refractivity contribution is -0.140. The molecule has 5 heterocycles. The Labute approximate surface area is 354 Å². The maximum Gasteiger partial charge on any atom is 0.407 e. The number of aromatic nitrogens is 4. The van der Waals surface area contributed by atoms with Crippen molar-refractivity contribution in [1.29, 1.82) is 0 Å². The lowest BCUT2D eigenvalue weighted by Gasteiger charge is -2.39. The van der Waals surface area contributed by atoms with Crippen LogP contribution in [0.5, 0.6) is 0 Å². The molecule has 4 N–H and O–H groups in total. The van der Waals surface area contributed by atoms with Crippen molar-refractivity contribution in [2.45, 2.75) is 89.0 Å². The Bertz CT molecular complexity index is 2440. The number of benzene rings is 3. The molecule has 320 valence electrons. The van der Waals surface area contributed by atoms with Crippen molar-refractivity contribution in [2.24, 2.45) is 17.8 Å². The number of carbonyl (C=O) groups is 4. The van der Waals surface area contributed by atoms with E-state index >= 15 is 0 Å². The lowest BCUT2D eigenvalue weighted by atomic mass is 9.89. The first-order chi connectivity index (χ1) is 29.6. The second kappa shape index (κ2) is 16.8. The van der Waals surface area contributed by atoms with Crippen LogP contribution in [0.15, 0.2) is 60.8 Å². The van der Waals surface area contributed by atoms with E-state index in [1.165, 1.54) is 14.2 Å². The van der Waals surface area contributed by atoms with Crippen molar-refractivity contribution < 1.29 is 33.4 Å². The van der Waals surface area contributed by atoms with Gasteiger partial charge < -0.3 is 44.6 Å². The first-order valence-electron chi connectivity index (χ1n) is 21.6. The molecule has 3 aromatic carbocycles. The van der Waals surface area contributed by atoms with Crippen molar-refractivity contribution >= 4 is 45.8 Å². The van der Waals surface area contributed by atoms with Gasteiger partial charge in [-0.3, -0.25) is 9.59 Å². The van der Waals surface area contributed by atoms with E-state index in [1.807, 2.05) is 35.9 Å². The second-order valence-corrected chi connectivity index (χ2v) is 17.3. The third kappa shape index (κ3) is 7.68. The van der Waals surface area contributed by atoms with E-state index < -0.39 is 24.3 Å². The quantitative estimate of drug-likeness (QED) is 0.115. The number of amides is 4. The van der Waals surface area contributed by atoms with E-state index in [-0.39, 0.29) is 41.8 Å². The van der Waals surface area contributed by atoms with Gasteiger partial charge >= 0.3 is 12.2 Å². The summed E-state index contributed by atoms with van der Waals surface area (Å²) in [7, 11) is 2.62. The highest BCUT2D eigenvalue weighted by Gasteiger charge is 2.52. The van der Waals surface area contributed by atoms with Crippen molar-refractivity contribution in [3.63, 3.8) is 0 Å². The Morgan fingerprint density at radius 1 is 0.820 bits per heavy atom. The minimum absolute atomic E-state index is 0.0259. The molecule has 3 aliphatic heterocycles. The molecule has 15 nitrogen and oxygen atoms in total. The molecular formula is C46H54N8O7. The molecule has 4 amide bonds. The third-order valence-corrected chi connectivity index (χ3v) is 13.4. The van der Waals surface area contributed by atoms with E-state index in [1.54, 1.807) is 0 Å². The number of aromatic amines is 2. The summed E-state index contributed by atoms with van der Waals surface area (Å²) in [6, 6.07) is 17.2. The molecule has 4 fully saturated rings. The zero-order valence-electron chi connectivity index (χ0n) is 35.1. The highest BCUT2D eigenvalue weighted by atomic mass is 16.5. The van der Waals surface area contributed by atoms with Gasteiger partial charge in [0.15, 0.2) is 0 Å². The molecule has 9 rings (SSSR count). The van der Waals surface area contributed by atoms with Gasteiger partial charge in [0.05, 0.1) is 49.2 Å². The molecule has 1 saturated carbocycles. The van der Waals surface area contributed by atoms with Gasteiger partial charge in [0.2, 0.25) is 11.8 Å². The number of hydrogen-bond donors (Lipinski definition) is 4. The maximum atomic E-state index is 14.4. The van der Waals surface area contributed by atoms with Crippen molar-refractivity contribution in [3.05, 3.63) is 72.4 Å². The molecule has 6 atom stereocenters. The zero-order valence-corrected chi connectivity index (χ0v) is 35.1. The number of methoxy groups -OCH3 is 2. The van der Waals surface area contributed by atoms with Crippen LogP contribution in [0.25, 0.3) is 44.2 Å². The fraction of sp³-hybridized carbons (Fsp3) is 0.478. The third-order valence-electron chi connectivity index (χ3n) is 13.4. The normalized spacial score (nSPS) is 22.5. The molecule has 0 radical (unpaired) electrons. The minimum atomic E-state index is -0.697. The molecule has 4 aliphatic rings. The van der Waals surface area contributed by atoms with E-state index in [4.69, 9.17) is 24.2 Å². The van der Waals surface area contributed by atoms with Crippen LogP contribution in [0, 0.1) is 17.8 Å². The van der Waals surface area contributed by atoms with Gasteiger partial charge in [-0.05, 0) is 96.9 Å². The predicted octanol–water partition coefficient (Wildman–Crippen LogP) is 7.02. The predicted molar refractivity (Wildman–Crippen MR) is 228 cm³/mol. The summed E-state index contributed by atoms with van der Waals surface area (Å²) >= 11 is 0. The average molecular weight is 831 g/mol. The van der Waals surface area contributed by atoms with E-state index in [2.05, 4.69) is 69.1 Å². The number of nitrogens with zero attached hydrogens (tertiary/aromatic N) is 4.